The van der Waals surface area contributed by atoms with E-state index in [1.807, 2.05) is 0 Å². The normalized spacial score (nSPS) is 15.5. The molecule has 0 bridgehead atoms. The lowest BCUT2D eigenvalue weighted by atomic mass is 10.2. The molecule has 0 radical (unpaired) electrons. The largest absolute Gasteiger partial charge is 0.377 e. The Morgan fingerprint density at radius 2 is 1.91 bits per heavy atom. The number of hydrogen-bond donors (Lipinski definition) is 2. The molecule has 2 rings (SSSR count). The molecule has 0 spiro atoms. The first-order chi connectivity index (χ1) is 11.1. The molecule has 1 aromatic carbocycles. The Bertz CT molecular complexity index is 530. The van der Waals surface area contributed by atoms with Gasteiger partial charge >= 0.3 is 0 Å². The van der Waals surface area contributed by atoms with Gasteiger partial charge in [-0.1, -0.05) is 0 Å². The van der Waals surface area contributed by atoms with Crippen molar-refractivity contribution >= 4 is 11.8 Å². The number of likely N-dealkylation sites (tertiary alicyclic amines) is 1. The molecule has 3 N–H and O–H groups in total. The van der Waals surface area contributed by atoms with E-state index in [0.29, 0.717) is 31.8 Å². The number of carbonyl (C=O) groups is 2. The van der Waals surface area contributed by atoms with Crippen molar-refractivity contribution in [2.75, 3.05) is 32.8 Å². The molecule has 1 aliphatic rings. The molecule has 1 fully saturated rings. The third kappa shape index (κ3) is 5.01. The topological polar surface area (TPSA) is 84.7 Å². The first kappa shape index (κ1) is 17.4. The number of rotatable bonds is 7. The molecule has 23 heavy (non-hydrogen) atoms. The number of amides is 2. The van der Waals surface area contributed by atoms with Gasteiger partial charge < -0.3 is 20.7 Å². The van der Waals surface area contributed by atoms with Gasteiger partial charge in [-0.05, 0) is 37.1 Å². The monoisotopic (exact) mass is 323 g/mol. The second-order valence-corrected chi connectivity index (χ2v) is 5.43. The second-order valence-electron chi connectivity index (χ2n) is 5.43. The minimum atomic E-state index is -0.766. The molecule has 0 saturated carbocycles. The lowest BCUT2D eigenvalue weighted by molar-refractivity contribution is -0.133. The van der Waals surface area contributed by atoms with E-state index in [-0.39, 0.29) is 12.5 Å². The van der Waals surface area contributed by atoms with Gasteiger partial charge in [0.2, 0.25) is 5.91 Å². The molecule has 1 aliphatic heterocycles. The molecule has 126 valence electrons. The van der Waals surface area contributed by atoms with E-state index >= 15 is 0 Å². The van der Waals surface area contributed by atoms with E-state index in [2.05, 4.69) is 5.32 Å². The summed E-state index contributed by atoms with van der Waals surface area (Å²) in [7, 11) is 0. The number of benzene rings is 1. The summed E-state index contributed by atoms with van der Waals surface area (Å²) in [5, 5.41) is 2.67. The average Bonchev–Trinajstić information content (AvgIpc) is 3.08. The van der Waals surface area contributed by atoms with E-state index in [9.17, 15) is 14.0 Å². The Labute approximate surface area is 134 Å². The SMILES string of the molecule is NCCOC[C@H](NC(=O)c1ccc(F)cc1)C(=O)N1CCCC1. The second kappa shape index (κ2) is 8.59. The predicted molar refractivity (Wildman–Crippen MR) is 83.3 cm³/mol. The molecule has 6 nitrogen and oxygen atoms in total. The van der Waals surface area contributed by atoms with E-state index in [0.717, 1.165) is 12.8 Å². The van der Waals surface area contributed by atoms with Gasteiger partial charge in [0.25, 0.3) is 5.91 Å². The smallest absolute Gasteiger partial charge is 0.251 e. The van der Waals surface area contributed by atoms with Crippen LogP contribution in [0.15, 0.2) is 24.3 Å². The summed E-state index contributed by atoms with van der Waals surface area (Å²) in [5.41, 5.74) is 5.67. The zero-order valence-electron chi connectivity index (χ0n) is 13.0. The van der Waals surface area contributed by atoms with Gasteiger partial charge in [-0.25, -0.2) is 4.39 Å². The van der Waals surface area contributed by atoms with Crippen molar-refractivity contribution in [1.82, 2.24) is 10.2 Å². The number of hydrogen-bond acceptors (Lipinski definition) is 4. The first-order valence-corrected chi connectivity index (χ1v) is 7.75. The van der Waals surface area contributed by atoms with Crippen molar-refractivity contribution in [2.45, 2.75) is 18.9 Å². The summed E-state index contributed by atoms with van der Waals surface area (Å²) in [6.07, 6.45) is 1.93. The highest BCUT2D eigenvalue weighted by Gasteiger charge is 2.28. The quantitative estimate of drug-likeness (QED) is 0.717. The van der Waals surface area contributed by atoms with Crippen LogP contribution in [0, 0.1) is 5.82 Å². The summed E-state index contributed by atoms with van der Waals surface area (Å²) in [5.74, 6) is -1.01. The number of ether oxygens (including phenoxy) is 1. The zero-order valence-corrected chi connectivity index (χ0v) is 13.0. The zero-order chi connectivity index (χ0) is 16.7. The summed E-state index contributed by atoms with van der Waals surface area (Å²) in [6.45, 7) is 2.11. The Morgan fingerprint density at radius 3 is 2.52 bits per heavy atom. The van der Waals surface area contributed by atoms with Gasteiger partial charge in [0.1, 0.15) is 11.9 Å². The maximum Gasteiger partial charge on any atom is 0.251 e. The van der Waals surface area contributed by atoms with Gasteiger partial charge in [0.15, 0.2) is 0 Å². The third-order valence-electron chi connectivity index (χ3n) is 3.67. The van der Waals surface area contributed by atoms with Crippen LogP contribution in [0.25, 0.3) is 0 Å². The number of carbonyl (C=O) groups excluding carboxylic acids is 2. The fourth-order valence-electron chi connectivity index (χ4n) is 2.46. The fourth-order valence-corrected chi connectivity index (χ4v) is 2.46. The third-order valence-corrected chi connectivity index (χ3v) is 3.67. The van der Waals surface area contributed by atoms with Crippen molar-refractivity contribution in [3.8, 4) is 0 Å². The molecule has 1 heterocycles. The molecule has 2 amide bonds. The van der Waals surface area contributed by atoms with Crippen molar-refractivity contribution < 1.29 is 18.7 Å². The molecule has 1 atom stereocenters. The standard InChI is InChI=1S/C16H22FN3O3/c17-13-5-3-12(4-6-13)15(21)19-14(11-23-10-7-18)16(22)20-8-1-2-9-20/h3-6,14H,1-2,7-11,18H2,(H,19,21)/t14-/m0/s1. The Hall–Kier alpha value is -1.99. The molecule has 7 heteroatoms. The predicted octanol–water partition coefficient (Wildman–Crippen LogP) is 0.522. The van der Waals surface area contributed by atoms with E-state index < -0.39 is 17.8 Å². The van der Waals surface area contributed by atoms with Crippen molar-refractivity contribution in [3.05, 3.63) is 35.6 Å². The van der Waals surface area contributed by atoms with E-state index in [1.165, 1.54) is 24.3 Å². The number of halogens is 1. The maximum absolute atomic E-state index is 12.9. The number of nitrogens with two attached hydrogens (primary N) is 1. The molecular weight excluding hydrogens is 301 g/mol. The number of nitrogens with zero attached hydrogens (tertiary/aromatic N) is 1. The average molecular weight is 323 g/mol. The minimum Gasteiger partial charge on any atom is -0.377 e. The minimum absolute atomic E-state index is 0.0689. The van der Waals surface area contributed by atoms with Crippen molar-refractivity contribution in [3.63, 3.8) is 0 Å². The number of nitrogens with one attached hydrogen (secondary N) is 1. The van der Waals surface area contributed by atoms with Crippen LogP contribution in [0.4, 0.5) is 4.39 Å². The molecule has 1 aromatic rings. The van der Waals surface area contributed by atoms with Crippen LogP contribution in [0.2, 0.25) is 0 Å². The fraction of sp³-hybridized carbons (Fsp3) is 0.500. The van der Waals surface area contributed by atoms with E-state index in [1.54, 1.807) is 4.90 Å². The van der Waals surface area contributed by atoms with Crippen molar-refractivity contribution in [1.29, 1.82) is 0 Å². The summed E-state index contributed by atoms with van der Waals surface area (Å²) in [6, 6.07) is 4.40. The van der Waals surface area contributed by atoms with Crippen LogP contribution in [0.3, 0.4) is 0 Å². The van der Waals surface area contributed by atoms with Crippen LogP contribution >= 0.6 is 0 Å². The summed E-state index contributed by atoms with van der Waals surface area (Å²) < 4.78 is 18.3. The highest BCUT2D eigenvalue weighted by atomic mass is 19.1. The van der Waals surface area contributed by atoms with Gasteiger partial charge in [0, 0.05) is 25.2 Å². The van der Waals surface area contributed by atoms with Crippen LogP contribution in [-0.4, -0.2) is 55.6 Å². The van der Waals surface area contributed by atoms with Crippen LogP contribution in [-0.2, 0) is 9.53 Å². The maximum atomic E-state index is 12.9. The van der Waals surface area contributed by atoms with Gasteiger partial charge in [0.05, 0.1) is 13.2 Å². The van der Waals surface area contributed by atoms with Gasteiger partial charge in [-0.15, -0.1) is 0 Å². The summed E-state index contributed by atoms with van der Waals surface area (Å²) >= 11 is 0. The highest BCUT2D eigenvalue weighted by molar-refractivity contribution is 5.97. The summed E-state index contributed by atoms with van der Waals surface area (Å²) in [4.78, 5) is 26.5. The van der Waals surface area contributed by atoms with Crippen LogP contribution in [0.5, 0.6) is 0 Å². The lowest BCUT2D eigenvalue weighted by Crippen LogP contribution is -2.50. The highest BCUT2D eigenvalue weighted by Crippen LogP contribution is 2.10. The van der Waals surface area contributed by atoms with Crippen LogP contribution in [0.1, 0.15) is 23.2 Å². The Morgan fingerprint density at radius 1 is 1.26 bits per heavy atom. The molecule has 0 aliphatic carbocycles. The van der Waals surface area contributed by atoms with E-state index in [4.69, 9.17) is 10.5 Å². The molecule has 1 saturated heterocycles. The first-order valence-electron chi connectivity index (χ1n) is 7.75. The molecule has 0 aromatic heterocycles. The molecule has 0 unspecified atom stereocenters. The van der Waals surface area contributed by atoms with Gasteiger partial charge in [-0.3, -0.25) is 9.59 Å². The van der Waals surface area contributed by atoms with Crippen molar-refractivity contribution in [2.24, 2.45) is 5.73 Å². The lowest BCUT2D eigenvalue weighted by Gasteiger charge is -2.24. The van der Waals surface area contributed by atoms with Crippen LogP contribution < -0.4 is 11.1 Å². The Kier molecular flexibility index (Phi) is 6.49. The van der Waals surface area contributed by atoms with Gasteiger partial charge in [-0.2, -0.15) is 0 Å². The Balaban J connectivity index is 2.01. The molecular formula is C16H22FN3O3.